The third-order valence-corrected chi connectivity index (χ3v) is 3.03. The Balaban J connectivity index is 4.15. The quantitative estimate of drug-likeness (QED) is 0.700. The topological polar surface area (TPSA) is 12.0 Å². The molecular weight excluding hydrogens is 206 g/mol. The molecule has 1 heteroatoms. The highest BCUT2D eigenvalue weighted by atomic mass is 14.9. The zero-order valence-corrected chi connectivity index (χ0v) is 13.5. The van der Waals surface area contributed by atoms with Crippen LogP contribution in [0.15, 0.2) is 0 Å². The second-order valence-corrected chi connectivity index (χ2v) is 8.23. The molecule has 0 saturated heterocycles. The van der Waals surface area contributed by atoms with E-state index < -0.39 is 0 Å². The highest BCUT2D eigenvalue weighted by Gasteiger charge is 2.18. The summed E-state index contributed by atoms with van der Waals surface area (Å²) < 4.78 is 0. The molecule has 17 heavy (non-hydrogen) atoms. The predicted molar refractivity (Wildman–Crippen MR) is 79.4 cm³/mol. The first-order valence-electron chi connectivity index (χ1n) is 7.24. The third-order valence-electron chi connectivity index (χ3n) is 3.03. The number of hydrogen-bond acceptors (Lipinski definition) is 1. The van der Waals surface area contributed by atoms with Gasteiger partial charge in [0.1, 0.15) is 0 Å². The van der Waals surface area contributed by atoms with E-state index >= 15 is 0 Å². The van der Waals surface area contributed by atoms with E-state index in [1.54, 1.807) is 0 Å². The Morgan fingerprint density at radius 3 is 1.82 bits per heavy atom. The minimum Gasteiger partial charge on any atom is -0.312 e. The van der Waals surface area contributed by atoms with Crippen LogP contribution >= 0.6 is 0 Å². The van der Waals surface area contributed by atoms with E-state index in [1.807, 2.05) is 0 Å². The van der Waals surface area contributed by atoms with Crippen LogP contribution in [0.2, 0.25) is 0 Å². The summed E-state index contributed by atoms with van der Waals surface area (Å²) in [5.41, 5.74) is 0.716. The molecule has 0 bridgehead atoms. The lowest BCUT2D eigenvalue weighted by Gasteiger charge is -2.28. The maximum atomic E-state index is 3.66. The molecule has 0 fully saturated rings. The van der Waals surface area contributed by atoms with Gasteiger partial charge in [0.15, 0.2) is 0 Å². The van der Waals surface area contributed by atoms with Gasteiger partial charge in [0.2, 0.25) is 0 Å². The molecule has 0 aliphatic heterocycles. The summed E-state index contributed by atoms with van der Waals surface area (Å²) in [7, 11) is 0. The largest absolute Gasteiger partial charge is 0.312 e. The Morgan fingerprint density at radius 2 is 1.47 bits per heavy atom. The van der Waals surface area contributed by atoms with E-state index in [2.05, 4.69) is 60.7 Å². The summed E-state index contributed by atoms with van der Waals surface area (Å²) in [6, 6.07) is 0. The van der Waals surface area contributed by atoms with E-state index in [-0.39, 0.29) is 5.54 Å². The minimum atomic E-state index is 0.247. The third kappa shape index (κ3) is 12.2. The van der Waals surface area contributed by atoms with Crippen LogP contribution in [0.4, 0.5) is 0 Å². The Labute approximate surface area is 110 Å². The van der Waals surface area contributed by atoms with Crippen LogP contribution in [-0.2, 0) is 0 Å². The molecule has 1 atom stereocenters. The Hall–Kier alpha value is -0.0400. The van der Waals surface area contributed by atoms with Gasteiger partial charge >= 0.3 is 0 Å². The molecule has 0 aromatic rings. The van der Waals surface area contributed by atoms with Gasteiger partial charge in [-0.1, -0.05) is 34.6 Å². The van der Waals surface area contributed by atoms with Gasteiger partial charge in [-0.2, -0.15) is 0 Å². The molecule has 0 aromatic heterocycles. The van der Waals surface area contributed by atoms with Crippen molar-refractivity contribution >= 4 is 0 Å². The number of nitrogens with one attached hydrogen (secondary N) is 1. The fourth-order valence-electron chi connectivity index (χ4n) is 2.06. The van der Waals surface area contributed by atoms with Crippen molar-refractivity contribution in [2.45, 2.75) is 80.2 Å². The number of rotatable bonds is 6. The van der Waals surface area contributed by atoms with Crippen LogP contribution in [0.25, 0.3) is 0 Å². The summed E-state index contributed by atoms with van der Waals surface area (Å²) >= 11 is 0. The normalized spacial score (nSPS) is 15.4. The lowest BCUT2D eigenvalue weighted by molar-refractivity contribution is 0.271. The molecule has 1 N–H and O–H groups in total. The Bertz CT molecular complexity index is 175. The van der Waals surface area contributed by atoms with Crippen molar-refractivity contribution in [2.24, 2.45) is 17.3 Å². The van der Waals surface area contributed by atoms with Crippen LogP contribution in [-0.4, -0.2) is 12.1 Å². The standard InChI is InChI=1S/C16H35N/c1-13(2)11-14(9-10-15(3,4)5)12-17-16(6,7)8/h13-14,17H,9-12H2,1-8H3. The van der Waals surface area contributed by atoms with Gasteiger partial charge in [0.25, 0.3) is 0 Å². The van der Waals surface area contributed by atoms with Crippen LogP contribution in [0, 0.1) is 17.3 Å². The second-order valence-electron chi connectivity index (χ2n) is 8.23. The highest BCUT2D eigenvalue weighted by molar-refractivity contribution is 4.75. The van der Waals surface area contributed by atoms with Gasteiger partial charge in [-0.3, -0.25) is 0 Å². The maximum absolute atomic E-state index is 3.66. The summed E-state index contributed by atoms with van der Waals surface area (Å²) in [6.45, 7) is 19.6. The van der Waals surface area contributed by atoms with Gasteiger partial charge in [0, 0.05) is 5.54 Å². The molecule has 0 amide bonds. The summed E-state index contributed by atoms with van der Waals surface area (Å²) in [4.78, 5) is 0. The number of hydrogen-bond donors (Lipinski definition) is 1. The summed E-state index contributed by atoms with van der Waals surface area (Å²) in [5.74, 6) is 1.63. The summed E-state index contributed by atoms with van der Waals surface area (Å²) in [6.07, 6.45) is 4.03. The van der Waals surface area contributed by atoms with Crippen molar-refractivity contribution in [3.05, 3.63) is 0 Å². The average molecular weight is 241 g/mol. The van der Waals surface area contributed by atoms with Gasteiger partial charge in [-0.15, -0.1) is 0 Å². The van der Waals surface area contributed by atoms with E-state index in [4.69, 9.17) is 0 Å². The lowest BCUT2D eigenvalue weighted by atomic mass is 9.83. The van der Waals surface area contributed by atoms with Gasteiger partial charge < -0.3 is 5.32 Å². The highest BCUT2D eigenvalue weighted by Crippen LogP contribution is 2.26. The van der Waals surface area contributed by atoms with E-state index in [9.17, 15) is 0 Å². The van der Waals surface area contributed by atoms with Crippen LogP contribution < -0.4 is 5.32 Å². The molecule has 0 aromatic carbocycles. The zero-order valence-electron chi connectivity index (χ0n) is 13.5. The first-order valence-corrected chi connectivity index (χ1v) is 7.24. The lowest BCUT2D eigenvalue weighted by Crippen LogP contribution is -2.39. The van der Waals surface area contributed by atoms with Crippen molar-refractivity contribution in [1.82, 2.24) is 5.32 Å². The molecule has 0 heterocycles. The van der Waals surface area contributed by atoms with Crippen molar-refractivity contribution in [1.29, 1.82) is 0 Å². The first kappa shape index (κ1) is 17.0. The molecular formula is C16H35N. The first-order chi connectivity index (χ1) is 7.49. The van der Waals surface area contributed by atoms with E-state index in [0.717, 1.165) is 18.4 Å². The SMILES string of the molecule is CC(C)CC(CCC(C)(C)C)CNC(C)(C)C. The molecule has 0 aliphatic carbocycles. The van der Waals surface area contributed by atoms with Crippen molar-refractivity contribution < 1.29 is 0 Å². The maximum Gasteiger partial charge on any atom is 0.00966 e. The fraction of sp³-hybridized carbons (Fsp3) is 1.00. The monoisotopic (exact) mass is 241 g/mol. The molecule has 0 saturated carbocycles. The second kappa shape index (κ2) is 6.78. The predicted octanol–water partition coefficient (Wildman–Crippen LogP) is 4.86. The molecule has 1 nitrogen and oxygen atoms in total. The van der Waals surface area contributed by atoms with Gasteiger partial charge in [-0.25, -0.2) is 0 Å². The zero-order chi connectivity index (χ0) is 13.7. The van der Waals surface area contributed by atoms with Crippen LogP contribution in [0.3, 0.4) is 0 Å². The molecule has 104 valence electrons. The van der Waals surface area contributed by atoms with Crippen LogP contribution in [0.5, 0.6) is 0 Å². The van der Waals surface area contributed by atoms with Crippen LogP contribution in [0.1, 0.15) is 74.7 Å². The molecule has 0 spiro atoms. The Morgan fingerprint density at radius 1 is 0.941 bits per heavy atom. The van der Waals surface area contributed by atoms with Gasteiger partial charge in [0.05, 0.1) is 0 Å². The fourth-order valence-corrected chi connectivity index (χ4v) is 2.06. The molecule has 0 rings (SSSR count). The Kier molecular flexibility index (Phi) is 6.76. The molecule has 1 unspecified atom stereocenters. The smallest absolute Gasteiger partial charge is 0.00966 e. The molecule has 0 aliphatic rings. The van der Waals surface area contributed by atoms with Crippen molar-refractivity contribution in [3.63, 3.8) is 0 Å². The molecule has 0 radical (unpaired) electrons. The van der Waals surface area contributed by atoms with Gasteiger partial charge in [-0.05, 0) is 63.8 Å². The summed E-state index contributed by atoms with van der Waals surface area (Å²) in [5, 5.41) is 3.66. The van der Waals surface area contributed by atoms with E-state index in [1.165, 1.54) is 19.3 Å². The average Bonchev–Trinajstić information content (AvgIpc) is 2.06. The van der Waals surface area contributed by atoms with E-state index in [0.29, 0.717) is 5.41 Å². The minimum absolute atomic E-state index is 0.247. The van der Waals surface area contributed by atoms with Crippen molar-refractivity contribution in [2.75, 3.05) is 6.54 Å². The van der Waals surface area contributed by atoms with Crippen molar-refractivity contribution in [3.8, 4) is 0 Å².